The molecule has 0 fully saturated rings. The van der Waals surface area contributed by atoms with Gasteiger partial charge in [-0.05, 0) is 43.2 Å². The number of benzene rings is 2. The van der Waals surface area contributed by atoms with Crippen LogP contribution >= 0.6 is 0 Å². The lowest BCUT2D eigenvalue weighted by molar-refractivity contribution is 0.409. The molecule has 0 saturated carbocycles. The zero-order valence-electron chi connectivity index (χ0n) is 12.7. The number of hydrogen-bond acceptors (Lipinski definition) is 2. The van der Waals surface area contributed by atoms with Gasteiger partial charge in [0.25, 0.3) is 0 Å². The van der Waals surface area contributed by atoms with Crippen LogP contribution in [0.2, 0.25) is 0 Å². The highest BCUT2D eigenvalue weighted by molar-refractivity contribution is 5.92. The Hall–Kier alpha value is -2.49. The van der Waals surface area contributed by atoms with Gasteiger partial charge in [0.05, 0.1) is 13.7 Å². The number of guanidine groups is 1. The number of nitrogens with zero attached hydrogens (tertiary/aromatic N) is 1. The first-order valence-electron chi connectivity index (χ1n) is 6.85. The summed E-state index contributed by atoms with van der Waals surface area (Å²) in [5.74, 6) is 1.23. The molecule has 0 aliphatic heterocycles. The zero-order valence-corrected chi connectivity index (χ0v) is 12.7. The highest BCUT2D eigenvalue weighted by atomic mass is 16.5. The van der Waals surface area contributed by atoms with Crippen molar-refractivity contribution in [1.29, 1.82) is 0 Å². The van der Waals surface area contributed by atoms with Crippen LogP contribution in [0.25, 0.3) is 0 Å². The second-order valence-electron chi connectivity index (χ2n) is 5.01. The third kappa shape index (κ3) is 4.24. The van der Waals surface area contributed by atoms with Gasteiger partial charge >= 0.3 is 0 Å². The number of hydrogen-bond donors (Lipinski definition) is 2. The Labute approximate surface area is 125 Å². The van der Waals surface area contributed by atoms with E-state index in [-0.39, 0.29) is 0 Å². The van der Waals surface area contributed by atoms with Gasteiger partial charge in [0.1, 0.15) is 5.75 Å². The molecule has 0 radical (unpaired) electrons. The number of nitrogens with one attached hydrogen (secondary N) is 1. The monoisotopic (exact) mass is 283 g/mol. The minimum absolute atomic E-state index is 0.392. The van der Waals surface area contributed by atoms with Crippen molar-refractivity contribution in [3.05, 3.63) is 59.2 Å². The van der Waals surface area contributed by atoms with Crippen molar-refractivity contribution in [2.45, 2.75) is 20.4 Å². The van der Waals surface area contributed by atoms with E-state index in [1.165, 1.54) is 5.56 Å². The Kier molecular flexibility index (Phi) is 4.82. The summed E-state index contributed by atoms with van der Waals surface area (Å²) in [4.78, 5) is 4.36. The maximum Gasteiger partial charge on any atom is 0.193 e. The highest BCUT2D eigenvalue weighted by Crippen LogP contribution is 2.20. The van der Waals surface area contributed by atoms with E-state index in [0.29, 0.717) is 12.5 Å². The predicted molar refractivity (Wildman–Crippen MR) is 87.9 cm³/mol. The number of aryl methyl sites for hydroxylation is 2. The predicted octanol–water partition coefficient (Wildman–Crippen LogP) is 3.24. The minimum atomic E-state index is 0.392. The molecule has 4 nitrogen and oxygen atoms in total. The van der Waals surface area contributed by atoms with Gasteiger partial charge in [-0.2, -0.15) is 0 Å². The molecule has 0 aliphatic rings. The molecule has 0 bridgehead atoms. The lowest BCUT2D eigenvalue weighted by Gasteiger charge is -2.09. The second kappa shape index (κ2) is 6.79. The molecule has 0 unspecified atom stereocenters. The van der Waals surface area contributed by atoms with Crippen molar-refractivity contribution >= 4 is 11.6 Å². The molecule has 0 atom stereocenters. The summed E-state index contributed by atoms with van der Waals surface area (Å²) >= 11 is 0. The molecule has 2 aromatic rings. The second-order valence-corrected chi connectivity index (χ2v) is 5.01. The summed E-state index contributed by atoms with van der Waals surface area (Å²) < 4.78 is 5.36. The van der Waals surface area contributed by atoms with Crippen molar-refractivity contribution in [2.24, 2.45) is 10.7 Å². The van der Waals surface area contributed by atoms with E-state index in [1.54, 1.807) is 7.11 Å². The fourth-order valence-electron chi connectivity index (χ4n) is 2.06. The molecule has 2 aromatic carbocycles. The van der Waals surface area contributed by atoms with Crippen molar-refractivity contribution in [3.8, 4) is 5.75 Å². The molecule has 0 aliphatic carbocycles. The number of methoxy groups -OCH3 is 1. The van der Waals surface area contributed by atoms with Crippen LogP contribution < -0.4 is 15.8 Å². The molecule has 2 rings (SSSR count). The van der Waals surface area contributed by atoms with Gasteiger partial charge in [0.2, 0.25) is 0 Å². The molecule has 0 amide bonds. The zero-order chi connectivity index (χ0) is 15.2. The molecule has 4 heteroatoms. The Morgan fingerprint density at radius 1 is 1.14 bits per heavy atom. The smallest absolute Gasteiger partial charge is 0.193 e. The van der Waals surface area contributed by atoms with Crippen LogP contribution in [0.15, 0.2) is 47.5 Å². The van der Waals surface area contributed by atoms with Gasteiger partial charge in [-0.1, -0.05) is 24.3 Å². The average Bonchev–Trinajstić information content (AvgIpc) is 2.45. The standard InChI is InChI=1S/C17H21N3O/c1-12-5-4-6-15(9-12)20-17(18)19-11-14-8-7-13(2)10-16(14)21-3/h4-10H,11H2,1-3H3,(H3,18,19,20). The molecular weight excluding hydrogens is 262 g/mol. The van der Waals surface area contributed by atoms with Gasteiger partial charge in [-0.15, -0.1) is 0 Å². The average molecular weight is 283 g/mol. The highest BCUT2D eigenvalue weighted by Gasteiger charge is 2.03. The van der Waals surface area contributed by atoms with Crippen molar-refractivity contribution in [1.82, 2.24) is 0 Å². The third-order valence-electron chi connectivity index (χ3n) is 3.15. The summed E-state index contributed by atoms with van der Waals surface area (Å²) in [6, 6.07) is 14.0. The molecule has 110 valence electrons. The van der Waals surface area contributed by atoms with E-state index in [2.05, 4.69) is 10.3 Å². The molecule has 0 aromatic heterocycles. The first-order valence-corrected chi connectivity index (χ1v) is 6.85. The molecule has 0 saturated heterocycles. The third-order valence-corrected chi connectivity index (χ3v) is 3.15. The largest absolute Gasteiger partial charge is 0.496 e. The fourth-order valence-corrected chi connectivity index (χ4v) is 2.06. The van der Waals surface area contributed by atoms with Crippen molar-refractivity contribution in [2.75, 3.05) is 12.4 Å². The molecular formula is C17H21N3O. The van der Waals surface area contributed by atoms with Gasteiger partial charge in [0, 0.05) is 11.3 Å². The van der Waals surface area contributed by atoms with Gasteiger partial charge < -0.3 is 15.8 Å². The quantitative estimate of drug-likeness (QED) is 0.669. The summed E-state index contributed by atoms with van der Waals surface area (Å²) in [5.41, 5.74) is 10.2. The summed E-state index contributed by atoms with van der Waals surface area (Å²) in [6.07, 6.45) is 0. The lowest BCUT2D eigenvalue weighted by Crippen LogP contribution is -2.22. The van der Waals surface area contributed by atoms with E-state index in [1.807, 2.05) is 56.3 Å². The van der Waals surface area contributed by atoms with Gasteiger partial charge in [0.15, 0.2) is 5.96 Å². The molecule has 3 N–H and O–H groups in total. The summed E-state index contributed by atoms with van der Waals surface area (Å²) in [5, 5.41) is 3.09. The van der Waals surface area contributed by atoms with Crippen LogP contribution in [0.3, 0.4) is 0 Å². The van der Waals surface area contributed by atoms with Crippen LogP contribution in [0.1, 0.15) is 16.7 Å². The Balaban J connectivity index is 2.07. The van der Waals surface area contributed by atoms with Crippen LogP contribution in [0.5, 0.6) is 5.75 Å². The SMILES string of the molecule is COc1cc(C)ccc1CN=C(N)Nc1cccc(C)c1. The van der Waals surface area contributed by atoms with E-state index >= 15 is 0 Å². The topological polar surface area (TPSA) is 59.6 Å². The molecule has 21 heavy (non-hydrogen) atoms. The van der Waals surface area contributed by atoms with Crippen LogP contribution in [-0.4, -0.2) is 13.1 Å². The first-order chi connectivity index (χ1) is 10.1. The van der Waals surface area contributed by atoms with Crippen LogP contribution in [-0.2, 0) is 6.54 Å². The van der Waals surface area contributed by atoms with E-state index in [9.17, 15) is 0 Å². The number of aliphatic imine (C=N–C) groups is 1. The Bertz CT molecular complexity index is 650. The van der Waals surface area contributed by atoms with Crippen molar-refractivity contribution in [3.63, 3.8) is 0 Å². The van der Waals surface area contributed by atoms with E-state index in [4.69, 9.17) is 10.5 Å². The molecule has 0 spiro atoms. The number of rotatable bonds is 4. The number of anilines is 1. The Morgan fingerprint density at radius 2 is 1.90 bits per heavy atom. The number of ether oxygens (including phenoxy) is 1. The molecule has 0 heterocycles. The van der Waals surface area contributed by atoms with E-state index < -0.39 is 0 Å². The summed E-state index contributed by atoms with van der Waals surface area (Å²) in [6.45, 7) is 4.55. The van der Waals surface area contributed by atoms with Gasteiger partial charge in [-0.3, -0.25) is 0 Å². The maximum atomic E-state index is 5.92. The number of nitrogens with two attached hydrogens (primary N) is 1. The first kappa shape index (κ1) is 14.9. The summed E-state index contributed by atoms with van der Waals surface area (Å²) in [7, 11) is 1.66. The van der Waals surface area contributed by atoms with Crippen molar-refractivity contribution < 1.29 is 4.74 Å². The van der Waals surface area contributed by atoms with Gasteiger partial charge in [-0.25, -0.2) is 4.99 Å². The maximum absolute atomic E-state index is 5.92. The Morgan fingerprint density at radius 3 is 2.62 bits per heavy atom. The van der Waals surface area contributed by atoms with Crippen LogP contribution in [0, 0.1) is 13.8 Å². The van der Waals surface area contributed by atoms with E-state index in [0.717, 1.165) is 22.6 Å². The minimum Gasteiger partial charge on any atom is -0.496 e. The normalized spacial score (nSPS) is 11.3. The lowest BCUT2D eigenvalue weighted by atomic mass is 10.1. The fraction of sp³-hybridized carbons (Fsp3) is 0.235. The van der Waals surface area contributed by atoms with Crippen LogP contribution in [0.4, 0.5) is 5.69 Å².